The lowest BCUT2D eigenvalue weighted by atomic mass is 10.1. The molecule has 0 spiro atoms. The fraction of sp³-hybridized carbons (Fsp3) is 0.444. The molecule has 0 aromatic rings. The largest absolute Gasteiger partial charge is 0.373 e. The second-order valence-corrected chi connectivity index (χ2v) is 2.95. The number of carbonyl (C=O) groups excluding carboxylic acids is 1. The molecule has 2 rings (SSSR count). The summed E-state index contributed by atoms with van der Waals surface area (Å²) in [5.41, 5.74) is 3.22. The second kappa shape index (κ2) is 2.31. The summed E-state index contributed by atoms with van der Waals surface area (Å²) < 4.78 is 5.22. The molecule has 0 unspecified atom stereocenters. The van der Waals surface area contributed by atoms with Gasteiger partial charge in [-0.3, -0.25) is 4.79 Å². The molecule has 11 heavy (non-hydrogen) atoms. The van der Waals surface area contributed by atoms with E-state index >= 15 is 0 Å². The van der Waals surface area contributed by atoms with Gasteiger partial charge < -0.3 is 4.74 Å². The molecule has 0 saturated carbocycles. The number of hydrogen-bond donors (Lipinski definition) is 0. The van der Waals surface area contributed by atoms with Crippen molar-refractivity contribution < 1.29 is 9.53 Å². The fourth-order valence-electron chi connectivity index (χ4n) is 1.54. The highest BCUT2D eigenvalue weighted by atomic mass is 16.5. The van der Waals surface area contributed by atoms with Crippen LogP contribution in [0.4, 0.5) is 0 Å². The first-order chi connectivity index (χ1) is 5.29. The van der Waals surface area contributed by atoms with Gasteiger partial charge in [-0.15, -0.1) is 0 Å². The van der Waals surface area contributed by atoms with Crippen LogP contribution >= 0.6 is 0 Å². The summed E-state index contributed by atoms with van der Waals surface area (Å²) in [6.45, 7) is 3.18. The Morgan fingerprint density at radius 1 is 1.55 bits per heavy atom. The molecule has 0 amide bonds. The minimum Gasteiger partial charge on any atom is -0.373 e. The molecule has 1 heterocycles. The van der Waals surface area contributed by atoms with Gasteiger partial charge in [-0.1, -0.05) is 6.08 Å². The van der Waals surface area contributed by atoms with Crippen LogP contribution in [-0.4, -0.2) is 19.0 Å². The molecule has 1 aliphatic heterocycles. The Morgan fingerprint density at radius 3 is 3.09 bits per heavy atom. The number of allylic oxidation sites excluding steroid dienone is 1. The number of Topliss-reactive ketones (excluding diaryl/α,β-unsaturated/α-hetero) is 1. The van der Waals surface area contributed by atoms with Gasteiger partial charge in [0.1, 0.15) is 0 Å². The number of fused-ring (bicyclic) bond motifs is 1. The zero-order valence-corrected chi connectivity index (χ0v) is 6.52. The summed E-state index contributed by atoms with van der Waals surface area (Å²) in [5.74, 6) is 0.261. The van der Waals surface area contributed by atoms with E-state index in [1.807, 2.05) is 13.0 Å². The van der Waals surface area contributed by atoms with Gasteiger partial charge in [-0.05, 0) is 23.6 Å². The standard InChI is InChI=1S/C9H10O2/c1-6-8-5-11-3-2-7(8)4-9(6)10/h2H,3-5H2,1H3. The molecule has 0 radical (unpaired) electrons. The monoisotopic (exact) mass is 150 g/mol. The fourth-order valence-corrected chi connectivity index (χ4v) is 1.54. The van der Waals surface area contributed by atoms with E-state index in [0.717, 1.165) is 11.1 Å². The van der Waals surface area contributed by atoms with Gasteiger partial charge in [0.25, 0.3) is 0 Å². The third-order valence-corrected chi connectivity index (χ3v) is 2.30. The van der Waals surface area contributed by atoms with Gasteiger partial charge in [0.05, 0.1) is 13.2 Å². The molecule has 0 bridgehead atoms. The van der Waals surface area contributed by atoms with E-state index < -0.39 is 0 Å². The highest BCUT2D eigenvalue weighted by Gasteiger charge is 2.25. The van der Waals surface area contributed by atoms with Crippen molar-refractivity contribution in [1.82, 2.24) is 0 Å². The van der Waals surface area contributed by atoms with Gasteiger partial charge >= 0.3 is 0 Å². The Morgan fingerprint density at radius 2 is 2.36 bits per heavy atom. The van der Waals surface area contributed by atoms with Gasteiger partial charge in [-0.25, -0.2) is 0 Å². The Balaban J connectivity index is 2.45. The minimum atomic E-state index is 0.261. The van der Waals surface area contributed by atoms with E-state index in [4.69, 9.17) is 4.74 Å². The summed E-state index contributed by atoms with van der Waals surface area (Å²) in [6.07, 6.45) is 2.61. The maximum atomic E-state index is 11.2. The third-order valence-electron chi connectivity index (χ3n) is 2.30. The highest BCUT2D eigenvalue weighted by molar-refractivity contribution is 6.02. The van der Waals surface area contributed by atoms with Crippen molar-refractivity contribution in [2.24, 2.45) is 0 Å². The summed E-state index contributed by atoms with van der Waals surface area (Å²) in [5, 5.41) is 0. The normalized spacial score (nSPS) is 23.7. The maximum absolute atomic E-state index is 11.2. The zero-order chi connectivity index (χ0) is 7.84. The Labute approximate surface area is 65.5 Å². The van der Waals surface area contributed by atoms with Gasteiger partial charge in [-0.2, -0.15) is 0 Å². The first-order valence-corrected chi connectivity index (χ1v) is 3.79. The van der Waals surface area contributed by atoms with Crippen LogP contribution in [0.25, 0.3) is 0 Å². The topological polar surface area (TPSA) is 26.3 Å². The second-order valence-electron chi connectivity index (χ2n) is 2.95. The van der Waals surface area contributed by atoms with Crippen molar-refractivity contribution >= 4 is 5.78 Å². The van der Waals surface area contributed by atoms with E-state index in [1.54, 1.807) is 0 Å². The van der Waals surface area contributed by atoms with Gasteiger partial charge in [0.2, 0.25) is 0 Å². The molecule has 2 nitrogen and oxygen atoms in total. The number of rotatable bonds is 0. The summed E-state index contributed by atoms with van der Waals surface area (Å²) >= 11 is 0. The molecule has 0 aromatic carbocycles. The van der Waals surface area contributed by atoms with E-state index in [0.29, 0.717) is 19.6 Å². The molecule has 1 aliphatic carbocycles. The number of ether oxygens (including phenoxy) is 1. The molecule has 2 heteroatoms. The van der Waals surface area contributed by atoms with E-state index in [2.05, 4.69) is 0 Å². The average molecular weight is 150 g/mol. The first-order valence-electron chi connectivity index (χ1n) is 3.79. The molecular weight excluding hydrogens is 140 g/mol. The first kappa shape index (κ1) is 6.80. The van der Waals surface area contributed by atoms with Gasteiger partial charge in [0.15, 0.2) is 5.78 Å². The SMILES string of the molecule is CC1=C2COCC=C2CC1=O. The molecule has 0 atom stereocenters. The molecule has 0 N–H and O–H groups in total. The van der Waals surface area contributed by atoms with Crippen LogP contribution in [0.1, 0.15) is 13.3 Å². The maximum Gasteiger partial charge on any atom is 0.163 e. The molecule has 0 aromatic heterocycles. The minimum absolute atomic E-state index is 0.261. The van der Waals surface area contributed by atoms with Crippen molar-refractivity contribution in [3.05, 3.63) is 22.8 Å². The van der Waals surface area contributed by atoms with Crippen LogP contribution in [0.3, 0.4) is 0 Å². The van der Waals surface area contributed by atoms with Crippen molar-refractivity contribution in [1.29, 1.82) is 0 Å². The predicted molar refractivity (Wildman–Crippen MR) is 41.2 cm³/mol. The number of carbonyl (C=O) groups is 1. The van der Waals surface area contributed by atoms with Crippen molar-refractivity contribution in [3.63, 3.8) is 0 Å². The smallest absolute Gasteiger partial charge is 0.163 e. The summed E-state index contributed by atoms with van der Waals surface area (Å²) in [7, 11) is 0. The number of hydrogen-bond acceptors (Lipinski definition) is 2. The van der Waals surface area contributed by atoms with Crippen LogP contribution < -0.4 is 0 Å². The average Bonchev–Trinajstić information content (AvgIpc) is 2.30. The van der Waals surface area contributed by atoms with Crippen LogP contribution in [-0.2, 0) is 9.53 Å². The third kappa shape index (κ3) is 0.942. The van der Waals surface area contributed by atoms with E-state index in [1.165, 1.54) is 5.57 Å². The predicted octanol–water partition coefficient (Wildman–Crippen LogP) is 1.23. The highest BCUT2D eigenvalue weighted by Crippen LogP contribution is 2.30. The Bertz CT molecular complexity index is 271. The zero-order valence-electron chi connectivity index (χ0n) is 6.52. The van der Waals surface area contributed by atoms with E-state index in [-0.39, 0.29) is 5.78 Å². The van der Waals surface area contributed by atoms with Gasteiger partial charge in [0, 0.05) is 6.42 Å². The van der Waals surface area contributed by atoms with Crippen molar-refractivity contribution in [2.45, 2.75) is 13.3 Å². The lowest BCUT2D eigenvalue weighted by Gasteiger charge is -2.11. The van der Waals surface area contributed by atoms with Crippen LogP contribution in [0, 0.1) is 0 Å². The summed E-state index contributed by atoms with van der Waals surface area (Å²) in [6, 6.07) is 0. The van der Waals surface area contributed by atoms with Crippen LogP contribution in [0.15, 0.2) is 22.8 Å². The van der Waals surface area contributed by atoms with E-state index in [9.17, 15) is 4.79 Å². The number of ketones is 1. The van der Waals surface area contributed by atoms with Crippen molar-refractivity contribution in [2.75, 3.05) is 13.2 Å². The lowest BCUT2D eigenvalue weighted by molar-refractivity contribution is -0.114. The molecule has 0 saturated heterocycles. The van der Waals surface area contributed by atoms with Crippen LogP contribution in [0.5, 0.6) is 0 Å². The Hall–Kier alpha value is -0.890. The molecular formula is C9H10O2. The van der Waals surface area contributed by atoms with Crippen LogP contribution in [0.2, 0.25) is 0 Å². The Kier molecular flexibility index (Phi) is 1.43. The lowest BCUT2D eigenvalue weighted by Crippen LogP contribution is -2.05. The molecule has 58 valence electrons. The quantitative estimate of drug-likeness (QED) is 0.519. The summed E-state index contributed by atoms with van der Waals surface area (Å²) in [4.78, 5) is 11.2. The molecule has 0 fully saturated rings. The molecule has 2 aliphatic rings. The van der Waals surface area contributed by atoms with Crippen molar-refractivity contribution in [3.8, 4) is 0 Å².